The van der Waals surface area contributed by atoms with Crippen molar-refractivity contribution < 1.29 is 21.6 Å². The molecule has 0 saturated heterocycles. The van der Waals surface area contributed by atoms with E-state index in [-0.39, 0.29) is 10.5 Å². The molecule has 0 atom stereocenters. The zero-order valence-corrected chi connectivity index (χ0v) is 14.4. The Hall–Kier alpha value is -1.87. The van der Waals surface area contributed by atoms with Crippen molar-refractivity contribution in [1.82, 2.24) is 9.38 Å². The number of aromatic nitrogens is 2. The van der Waals surface area contributed by atoms with Crippen LogP contribution in [0.25, 0.3) is 5.65 Å². The van der Waals surface area contributed by atoms with E-state index in [0.29, 0.717) is 4.47 Å². The van der Waals surface area contributed by atoms with Crippen molar-refractivity contribution in [1.29, 1.82) is 0 Å². The van der Waals surface area contributed by atoms with Crippen molar-refractivity contribution in [3.8, 4) is 0 Å². The van der Waals surface area contributed by atoms with Gasteiger partial charge in [0.2, 0.25) is 0 Å². The molecule has 0 fully saturated rings. The summed E-state index contributed by atoms with van der Waals surface area (Å²) in [7, 11) is -3.95. The minimum Gasteiger partial charge on any atom is -0.301 e. The molecular formula is C15H10BrF3N2O2S. The maximum absolute atomic E-state index is 13.3. The first-order valence-electron chi connectivity index (χ1n) is 6.70. The van der Waals surface area contributed by atoms with Gasteiger partial charge in [-0.1, -0.05) is 18.2 Å². The number of hydrogen-bond acceptors (Lipinski definition) is 3. The second-order valence-electron chi connectivity index (χ2n) is 5.05. The lowest BCUT2D eigenvalue weighted by Crippen LogP contribution is -2.14. The molecule has 0 aliphatic carbocycles. The number of halogens is 4. The van der Waals surface area contributed by atoms with Crippen LogP contribution in [0.5, 0.6) is 0 Å². The van der Waals surface area contributed by atoms with Crippen LogP contribution in [0.2, 0.25) is 0 Å². The summed E-state index contributed by atoms with van der Waals surface area (Å²) in [5, 5.41) is 0. The fourth-order valence-electron chi connectivity index (χ4n) is 2.32. The smallest absolute Gasteiger partial charge is 0.301 e. The molecule has 2 heterocycles. The molecule has 24 heavy (non-hydrogen) atoms. The SMILES string of the molecule is O=S(=O)(Cc1c(C(F)(F)F)nc2ccc(Br)cn12)c1ccccc1. The highest BCUT2D eigenvalue weighted by molar-refractivity contribution is 9.10. The molecule has 0 radical (unpaired) electrons. The van der Waals surface area contributed by atoms with Crippen molar-refractivity contribution in [3.63, 3.8) is 0 Å². The number of imidazole rings is 1. The molecule has 2 aromatic heterocycles. The molecule has 3 aromatic rings. The molecular weight excluding hydrogens is 409 g/mol. The van der Waals surface area contributed by atoms with Gasteiger partial charge in [0.05, 0.1) is 16.3 Å². The van der Waals surface area contributed by atoms with Gasteiger partial charge in [-0.25, -0.2) is 13.4 Å². The Bertz CT molecular complexity index is 999. The number of rotatable bonds is 3. The lowest BCUT2D eigenvalue weighted by atomic mass is 10.3. The van der Waals surface area contributed by atoms with Gasteiger partial charge >= 0.3 is 6.18 Å². The first-order valence-corrected chi connectivity index (χ1v) is 9.14. The predicted octanol–water partition coefficient (Wildman–Crippen LogP) is 4.09. The van der Waals surface area contributed by atoms with Crippen LogP contribution in [0.4, 0.5) is 13.2 Å². The average molecular weight is 419 g/mol. The number of sulfone groups is 1. The molecule has 0 amide bonds. The summed E-state index contributed by atoms with van der Waals surface area (Å²) in [5.41, 5.74) is -1.58. The van der Waals surface area contributed by atoms with Crippen LogP contribution in [0, 0.1) is 0 Å². The topological polar surface area (TPSA) is 51.4 Å². The summed E-state index contributed by atoms with van der Waals surface area (Å²) in [6, 6.07) is 10.3. The Morgan fingerprint density at radius 1 is 1.08 bits per heavy atom. The van der Waals surface area contributed by atoms with Gasteiger partial charge in [0.15, 0.2) is 15.5 Å². The van der Waals surface area contributed by atoms with Crippen LogP contribution in [-0.2, 0) is 21.8 Å². The van der Waals surface area contributed by atoms with E-state index in [0.717, 1.165) is 4.40 Å². The molecule has 0 aliphatic rings. The van der Waals surface area contributed by atoms with E-state index in [1.165, 1.54) is 42.6 Å². The maximum atomic E-state index is 13.3. The van der Waals surface area contributed by atoms with Gasteiger partial charge in [-0.15, -0.1) is 0 Å². The summed E-state index contributed by atoms with van der Waals surface area (Å²) in [6.07, 6.45) is -3.38. The van der Waals surface area contributed by atoms with E-state index in [1.807, 2.05) is 0 Å². The van der Waals surface area contributed by atoms with Crippen molar-refractivity contribution in [2.75, 3.05) is 0 Å². The molecule has 0 unspecified atom stereocenters. The van der Waals surface area contributed by atoms with Crippen LogP contribution in [0.1, 0.15) is 11.4 Å². The largest absolute Gasteiger partial charge is 0.435 e. The van der Waals surface area contributed by atoms with Gasteiger partial charge in [0.1, 0.15) is 5.65 Å². The third kappa shape index (κ3) is 3.18. The van der Waals surface area contributed by atoms with Gasteiger partial charge in [-0.05, 0) is 40.2 Å². The normalized spacial score (nSPS) is 12.7. The molecule has 0 spiro atoms. The van der Waals surface area contributed by atoms with E-state index < -0.39 is 33.2 Å². The molecule has 0 N–H and O–H groups in total. The Kier molecular flexibility index (Phi) is 4.16. The monoisotopic (exact) mass is 418 g/mol. The van der Waals surface area contributed by atoms with Crippen molar-refractivity contribution in [2.24, 2.45) is 0 Å². The number of fused-ring (bicyclic) bond motifs is 1. The zero-order valence-electron chi connectivity index (χ0n) is 12.0. The Balaban J connectivity index is 2.19. The number of alkyl halides is 3. The molecule has 3 rings (SSSR count). The summed E-state index contributed by atoms with van der Waals surface area (Å²) in [6.45, 7) is 0. The summed E-state index contributed by atoms with van der Waals surface area (Å²) in [4.78, 5) is 3.52. The van der Waals surface area contributed by atoms with E-state index >= 15 is 0 Å². The van der Waals surface area contributed by atoms with Gasteiger partial charge in [0, 0.05) is 10.7 Å². The standard InChI is InChI=1S/C15H10BrF3N2O2S/c16-10-6-7-13-20-14(15(17,18)19)12(21(13)8-10)9-24(22,23)11-4-2-1-3-5-11/h1-8H,9H2. The number of pyridine rings is 1. The summed E-state index contributed by atoms with van der Waals surface area (Å²) in [5.74, 6) is -0.802. The summed E-state index contributed by atoms with van der Waals surface area (Å²) < 4.78 is 66.5. The zero-order chi connectivity index (χ0) is 17.5. The molecule has 9 heteroatoms. The van der Waals surface area contributed by atoms with Crippen molar-refractivity contribution >= 4 is 31.4 Å². The van der Waals surface area contributed by atoms with E-state index in [1.54, 1.807) is 6.07 Å². The molecule has 1 aromatic carbocycles. The van der Waals surface area contributed by atoms with Crippen LogP contribution < -0.4 is 0 Å². The minimum absolute atomic E-state index is 0.0313. The van der Waals surface area contributed by atoms with Crippen LogP contribution >= 0.6 is 15.9 Å². The van der Waals surface area contributed by atoms with Crippen LogP contribution in [-0.4, -0.2) is 17.8 Å². The van der Waals surface area contributed by atoms with Gasteiger partial charge in [-0.2, -0.15) is 13.2 Å². The fourth-order valence-corrected chi connectivity index (χ4v) is 4.03. The highest BCUT2D eigenvalue weighted by atomic mass is 79.9. The Morgan fingerprint density at radius 3 is 2.38 bits per heavy atom. The minimum atomic E-state index is -4.75. The van der Waals surface area contributed by atoms with E-state index in [9.17, 15) is 21.6 Å². The number of nitrogens with zero attached hydrogens (tertiary/aromatic N) is 2. The van der Waals surface area contributed by atoms with Crippen molar-refractivity contribution in [2.45, 2.75) is 16.8 Å². The second kappa shape index (κ2) is 5.89. The molecule has 0 aliphatic heterocycles. The molecule has 126 valence electrons. The highest BCUT2D eigenvalue weighted by Gasteiger charge is 2.39. The summed E-state index contributed by atoms with van der Waals surface area (Å²) >= 11 is 3.17. The first kappa shape index (κ1) is 17.0. The third-order valence-electron chi connectivity index (χ3n) is 3.38. The average Bonchev–Trinajstić information content (AvgIpc) is 2.86. The first-order chi connectivity index (χ1) is 11.2. The maximum Gasteiger partial charge on any atom is 0.435 e. The van der Waals surface area contributed by atoms with E-state index in [4.69, 9.17) is 0 Å². The van der Waals surface area contributed by atoms with Gasteiger partial charge in [-0.3, -0.25) is 0 Å². The highest BCUT2D eigenvalue weighted by Crippen LogP contribution is 2.34. The van der Waals surface area contributed by atoms with Crippen LogP contribution in [0.3, 0.4) is 0 Å². The van der Waals surface area contributed by atoms with Gasteiger partial charge in [0.25, 0.3) is 0 Å². The Morgan fingerprint density at radius 2 is 1.75 bits per heavy atom. The van der Waals surface area contributed by atoms with Crippen molar-refractivity contribution in [3.05, 3.63) is 64.5 Å². The Labute approximate surface area is 144 Å². The lowest BCUT2D eigenvalue weighted by molar-refractivity contribution is -0.141. The number of hydrogen-bond donors (Lipinski definition) is 0. The number of benzene rings is 1. The quantitative estimate of drug-likeness (QED) is 0.643. The second-order valence-corrected chi connectivity index (χ2v) is 7.96. The van der Waals surface area contributed by atoms with Crippen LogP contribution in [0.15, 0.2) is 58.0 Å². The third-order valence-corrected chi connectivity index (χ3v) is 5.49. The molecule has 0 saturated carbocycles. The fraction of sp³-hybridized carbons (Fsp3) is 0.133. The lowest BCUT2D eigenvalue weighted by Gasteiger charge is -2.09. The van der Waals surface area contributed by atoms with Gasteiger partial charge < -0.3 is 4.40 Å². The van der Waals surface area contributed by atoms with E-state index in [2.05, 4.69) is 20.9 Å². The molecule has 4 nitrogen and oxygen atoms in total. The predicted molar refractivity (Wildman–Crippen MR) is 85.2 cm³/mol. The molecule has 0 bridgehead atoms.